The molecule has 8 heteroatoms. The minimum absolute atomic E-state index is 0.204. The fourth-order valence-electron chi connectivity index (χ4n) is 5.27. The molecule has 2 aromatic carbocycles. The van der Waals surface area contributed by atoms with E-state index in [2.05, 4.69) is 36.0 Å². The molecule has 0 aliphatic carbocycles. The van der Waals surface area contributed by atoms with Gasteiger partial charge in [0, 0.05) is 41.9 Å². The third-order valence-corrected chi connectivity index (χ3v) is 6.85. The van der Waals surface area contributed by atoms with Crippen LogP contribution in [-0.2, 0) is 9.59 Å². The van der Waals surface area contributed by atoms with E-state index in [1.54, 1.807) is 21.3 Å². The Bertz CT molecular complexity index is 1380. The summed E-state index contributed by atoms with van der Waals surface area (Å²) < 4.78 is 19.0. The molecule has 0 spiro atoms. The van der Waals surface area contributed by atoms with Crippen LogP contribution in [0.4, 0.5) is 5.69 Å². The first-order valence-corrected chi connectivity index (χ1v) is 11.6. The third-order valence-electron chi connectivity index (χ3n) is 6.85. The highest BCUT2D eigenvalue weighted by molar-refractivity contribution is 6.11. The van der Waals surface area contributed by atoms with Gasteiger partial charge >= 0.3 is 0 Å². The van der Waals surface area contributed by atoms with E-state index in [-0.39, 0.29) is 24.4 Å². The number of benzene rings is 2. The SMILES string of the molecule is COc1cc([C@H]2C3=C(CN(C(C)=O)C3=O)Nc3cccc4c3c2cn4C(C)C)cc(OC)c1OC. The number of hydrogen-bond donors (Lipinski definition) is 1. The molecule has 35 heavy (non-hydrogen) atoms. The number of amides is 2. The van der Waals surface area contributed by atoms with E-state index in [4.69, 9.17) is 14.2 Å². The van der Waals surface area contributed by atoms with Crippen molar-refractivity contribution in [1.29, 1.82) is 0 Å². The number of aromatic nitrogens is 1. The molecule has 3 heterocycles. The van der Waals surface area contributed by atoms with Crippen LogP contribution in [0.25, 0.3) is 10.9 Å². The van der Waals surface area contributed by atoms with Crippen molar-refractivity contribution in [3.05, 3.63) is 58.9 Å². The summed E-state index contributed by atoms with van der Waals surface area (Å²) >= 11 is 0. The molecule has 1 atom stereocenters. The van der Waals surface area contributed by atoms with Crippen LogP contribution in [0.3, 0.4) is 0 Å². The second kappa shape index (κ2) is 8.37. The minimum atomic E-state index is -0.450. The van der Waals surface area contributed by atoms with E-state index in [0.29, 0.717) is 22.8 Å². The average Bonchev–Trinajstić information content (AvgIpc) is 3.34. The van der Waals surface area contributed by atoms with E-state index in [0.717, 1.165) is 33.4 Å². The van der Waals surface area contributed by atoms with Gasteiger partial charge in [0.25, 0.3) is 5.91 Å². The molecule has 2 aliphatic rings. The van der Waals surface area contributed by atoms with Gasteiger partial charge in [-0.2, -0.15) is 0 Å². The number of nitrogens with zero attached hydrogens (tertiary/aromatic N) is 2. The smallest absolute Gasteiger partial charge is 0.259 e. The van der Waals surface area contributed by atoms with E-state index < -0.39 is 5.92 Å². The van der Waals surface area contributed by atoms with Gasteiger partial charge in [-0.3, -0.25) is 14.5 Å². The summed E-state index contributed by atoms with van der Waals surface area (Å²) in [6, 6.07) is 10.1. The van der Waals surface area contributed by atoms with Crippen molar-refractivity contribution >= 4 is 28.4 Å². The fourth-order valence-corrected chi connectivity index (χ4v) is 5.27. The van der Waals surface area contributed by atoms with Crippen LogP contribution < -0.4 is 19.5 Å². The Morgan fingerprint density at radius 3 is 2.34 bits per heavy atom. The predicted octanol–water partition coefficient (Wildman–Crippen LogP) is 4.45. The molecule has 2 amide bonds. The number of anilines is 1. The van der Waals surface area contributed by atoms with Crippen LogP contribution in [-0.4, -0.2) is 49.2 Å². The number of methoxy groups -OCH3 is 3. The molecular formula is C27H29N3O5. The van der Waals surface area contributed by atoms with Crippen molar-refractivity contribution in [3.63, 3.8) is 0 Å². The van der Waals surface area contributed by atoms with Gasteiger partial charge in [-0.05, 0) is 49.2 Å². The molecule has 0 fully saturated rings. The van der Waals surface area contributed by atoms with Crippen molar-refractivity contribution in [2.75, 3.05) is 33.2 Å². The summed E-state index contributed by atoms with van der Waals surface area (Å²) in [7, 11) is 4.70. The van der Waals surface area contributed by atoms with Crippen molar-refractivity contribution in [3.8, 4) is 17.2 Å². The first-order valence-electron chi connectivity index (χ1n) is 11.6. The first-order chi connectivity index (χ1) is 16.8. The van der Waals surface area contributed by atoms with Crippen LogP contribution in [0.1, 0.15) is 43.9 Å². The lowest BCUT2D eigenvalue weighted by atomic mass is 9.84. The number of carbonyl (C=O) groups excluding carboxylic acids is 2. The van der Waals surface area contributed by atoms with Gasteiger partial charge in [-0.25, -0.2) is 0 Å². The van der Waals surface area contributed by atoms with Crippen molar-refractivity contribution < 1.29 is 23.8 Å². The topological polar surface area (TPSA) is 82.0 Å². The van der Waals surface area contributed by atoms with E-state index in [9.17, 15) is 9.59 Å². The van der Waals surface area contributed by atoms with Gasteiger partial charge in [0.1, 0.15) is 0 Å². The molecule has 0 radical (unpaired) electrons. The Hall–Kier alpha value is -3.94. The number of ether oxygens (including phenoxy) is 3. The van der Waals surface area contributed by atoms with Crippen LogP contribution >= 0.6 is 0 Å². The molecule has 8 nitrogen and oxygen atoms in total. The second-order valence-corrected chi connectivity index (χ2v) is 9.10. The Kier molecular flexibility index (Phi) is 5.46. The summed E-state index contributed by atoms with van der Waals surface area (Å²) in [6.07, 6.45) is 2.12. The van der Waals surface area contributed by atoms with Gasteiger partial charge in [0.15, 0.2) is 11.5 Å². The zero-order valence-corrected chi connectivity index (χ0v) is 20.8. The van der Waals surface area contributed by atoms with Gasteiger partial charge in [-0.1, -0.05) is 6.07 Å². The molecule has 2 aliphatic heterocycles. The standard InChI is InChI=1S/C27H29N3O5/c1-14(2)29-12-17-23(16-10-21(33-4)26(35-6)22(11-16)34-5)25-19(13-30(15(3)31)27(25)32)28-18-8-7-9-20(29)24(17)18/h7-12,14,23,28H,13H2,1-6H3/t23-/m1/s1. The number of hydrogen-bond acceptors (Lipinski definition) is 6. The summed E-state index contributed by atoms with van der Waals surface area (Å²) in [5, 5.41) is 4.55. The highest BCUT2D eigenvalue weighted by Crippen LogP contribution is 2.49. The largest absolute Gasteiger partial charge is 0.493 e. The molecule has 3 aromatic rings. The lowest BCUT2D eigenvalue weighted by Gasteiger charge is -2.22. The quantitative estimate of drug-likeness (QED) is 0.587. The van der Waals surface area contributed by atoms with Gasteiger partial charge in [-0.15, -0.1) is 0 Å². The Labute approximate surface area is 204 Å². The summed E-state index contributed by atoms with van der Waals surface area (Å²) in [6.45, 7) is 5.88. The van der Waals surface area contributed by atoms with Crippen LogP contribution in [0.2, 0.25) is 0 Å². The Morgan fingerprint density at radius 1 is 1.09 bits per heavy atom. The highest BCUT2D eigenvalue weighted by Gasteiger charge is 2.42. The maximum Gasteiger partial charge on any atom is 0.259 e. The molecule has 0 saturated carbocycles. The molecule has 1 aromatic heterocycles. The zero-order valence-electron chi connectivity index (χ0n) is 20.8. The fraction of sp³-hybridized carbons (Fsp3) is 0.333. The first kappa shape index (κ1) is 22.8. The van der Waals surface area contributed by atoms with Gasteiger partial charge in [0.05, 0.1) is 39.0 Å². The maximum atomic E-state index is 13.7. The Morgan fingerprint density at radius 2 is 1.77 bits per heavy atom. The summed E-state index contributed by atoms with van der Waals surface area (Å²) in [5.41, 5.74) is 5.06. The van der Waals surface area contributed by atoms with E-state index >= 15 is 0 Å². The van der Waals surface area contributed by atoms with E-state index in [1.165, 1.54) is 11.8 Å². The van der Waals surface area contributed by atoms with Gasteiger partial charge < -0.3 is 24.1 Å². The van der Waals surface area contributed by atoms with Crippen LogP contribution in [0.15, 0.2) is 47.8 Å². The van der Waals surface area contributed by atoms with Crippen LogP contribution in [0, 0.1) is 0 Å². The normalized spacial score (nSPS) is 16.9. The molecule has 0 bridgehead atoms. The molecule has 0 saturated heterocycles. The molecule has 1 N–H and O–H groups in total. The van der Waals surface area contributed by atoms with Crippen LogP contribution in [0.5, 0.6) is 17.2 Å². The Balaban J connectivity index is 1.85. The number of rotatable bonds is 5. The summed E-state index contributed by atoms with van der Waals surface area (Å²) in [4.78, 5) is 27.3. The van der Waals surface area contributed by atoms with Crippen molar-refractivity contribution in [1.82, 2.24) is 9.47 Å². The minimum Gasteiger partial charge on any atom is -0.493 e. The lowest BCUT2D eigenvalue weighted by Crippen LogP contribution is -2.33. The number of imide groups is 1. The molecule has 182 valence electrons. The molecule has 0 unspecified atom stereocenters. The van der Waals surface area contributed by atoms with Gasteiger partial charge in [0.2, 0.25) is 11.7 Å². The summed E-state index contributed by atoms with van der Waals surface area (Å²) in [5.74, 6) is 0.455. The number of carbonyl (C=O) groups is 2. The third kappa shape index (κ3) is 3.35. The zero-order chi connectivity index (χ0) is 25.0. The monoisotopic (exact) mass is 475 g/mol. The molecular weight excluding hydrogens is 446 g/mol. The van der Waals surface area contributed by atoms with Crippen molar-refractivity contribution in [2.24, 2.45) is 0 Å². The number of nitrogens with one attached hydrogen (secondary N) is 1. The molecule has 5 rings (SSSR count). The second-order valence-electron chi connectivity index (χ2n) is 9.10. The maximum absolute atomic E-state index is 13.7. The predicted molar refractivity (Wildman–Crippen MR) is 133 cm³/mol. The average molecular weight is 476 g/mol. The highest BCUT2D eigenvalue weighted by atomic mass is 16.5. The lowest BCUT2D eigenvalue weighted by molar-refractivity contribution is -0.139. The van der Waals surface area contributed by atoms with E-state index in [1.807, 2.05) is 24.3 Å². The van der Waals surface area contributed by atoms with Crippen molar-refractivity contribution in [2.45, 2.75) is 32.7 Å².